The Hall–Kier alpha value is -1.73. The van der Waals surface area contributed by atoms with E-state index in [2.05, 4.69) is 10.3 Å². The minimum absolute atomic E-state index is 0.0879. The van der Waals surface area contributed by atoms with E-state index in [1.54, 1.807) is 30.3 Å². The molecule has 1 aromatic heterocycles. The SMILES string of the molecule is COc1ccccc1-c1ccnc(NC(P(=O)(O)O)P(=O)(O)O)c1. The maximum atomic E-state index is 11.3. The van der Waals surface area contributed by atoms with Gasteiger partial charge in [0.2, 0.25) is 5.52 Å². The van der Waals surface area contributed by atoms with Crippen molar-refractivity contribution in [3.05, 3.63) is 42.6 Å². The summed E-state index contributed by atoms with van der Waals surface area (Å²) in [6, 6.07) is 10.1. The Balaban J connectivity index is 2.41. The van der Waals surface area contributed by atoms with Crippen LogP contribution in [0.25, 0.3) is 11.1 Å². The summed E-state index contributed by atoms with van der Waals surface area (Å²) in [6.45, 7) is 0. The van der Waals surface area contributed by atoms with Crippen LogP contribution in [0.2, 0.25) is 0 Å². The Kier molecular flexibility index (Phi) is 5.45. The molecule has 0 fully saturated rings. The van der Waals surface area contributed by atoms with E-state index >= 15 is 0 Å². The molecular formula is C13H16N2O7P2. The first-order valence-corrected chi connectivity index (χ1v) is 9.95. The number of nitrogens with one attached hydrogen (secondary N) is 1. The maximum Gasteiger partial charge on any atom is 0.360 e. The quantitative estimate of drug-likeness (QED) is 0.477. The summed E-state index contributed by atoms with van der Waals surface area (Å²) < 4.78 is 27.9. The fraction of sp³-hybridized carbons (Fsp3) is 0.154. The number of methoxy groups -OCH3 is 1. The number of nitrogens with zero attached hydrogens (tertiary/aromatic N) is 1. The van der Waals surface area contributed by atoms with Crippen molar-refractivity contribution >= 4 is 21.0 Å². The molecule has 1 aromatic carbocycles. The Labute approximate surface area is 137 Å². The van der Waals surface area contributed by atoms with Gasteiger partial charge in [-0.15, -0.1) is 0 Å². The van der Waals surface area contributed by atoms with Crippen LogP contribution in [0.1, 0.15) is 0 Å². The van der Waals surface area contributed by atoms with E-state index in [0.29, 0.717) is 16.9 Å². The van der Waals surface area contributed by atoms with Crippen molar-refractivity contribution in [3.63, 3.8) is 0 Å². The summed E-state index contributed by atoms with van der Waals surface area (Å²) in [4.78, 5) is 40.5. The van der Waals surface area contributed by atoms with Gasteiger partial charge in [0.25, 0.3) is 0 Å². The molecule has 0 aliphatic carbocycles. The van der Waals surface area contributed by atoms with Gasteiger partial charge in [-0.05, 0) is 23.8 Å². The molecule has 0 aliphatic rings. The van der Waals surface area contributed by atoms with Gasteiger partial charge in [-0.2, -0.15) is 0 Å². The molecule has 0 spiro atoms. The average molecular weight is 374 g/mol. The molecule has 2 aromatic rings. The lowest BCUT2D eigenvalue weighted by Gasteiger charge is -2.21. The highest BCUT2D eigenvalue weighted by Crippen LogP contribution is 2.59. The third-order valence-electron chi connectivity index (χ3n) is 3.09. The van der Waals surface area contributed by atoms with Crippen molar-refractivity contribution in [2.75, 3.05) is 12.4 Å². The van der Waals surface area contributed by atoms with Gasteiger partial charge < -0.3 is 29.6 Å². The van der Waals surface area contributed by atoms with Crippen LogP contribution in [0, 0.1) is 0 Å². The van der Waals surface area contributed by atoms with Gasteiger partial charge in [0.05, 0.1) is 7.11 Å². The van der Waals surface area contributed by atoms with E-state index in [4.69, 9.17) is 24.3 Å². The first-order valence-electron chi connectivity index (χ1n) is 6.59. The lowest BCUT2D eigenvalue weighted by molar-refractivity contribution is 0.343. The third kappa shape index (κ3) is 4.42. The van der Waals surface area contributed by atoms with E-state index < -0.39 is 20.7 Å². The first-order chi connectivity index (χ1) is 11.1. The van der Waals surface area contributed by atoms with Crippen molar-refractivity contribution in [1.29, 1.82) is 0 Å². The second kappa shape index (κ2) is 7.03. The van der Waals surface area contributed by atoms with Gasteiger partial charge in [-0.25, -0.2) is 4.98 Å². The standard InChI is InChI=1S/C13H16N2O7P2/c1-22-11-5-3-2-4-10(11)9-6-7-14-12(8-9)15-13(23(16,17)18)24(19,20)21/h2-8,13H,1H3,(H,14,15)(H2,16,17,18)(H2,19,20,21). The normalized spacial score (nSPS) is 12.2. The summed E-state index contributed by atoms with van der Waals surface area (Å²) in [5.41, 5.74) is -1.08. The van der Waals surface area contributed by atoms with Crippen LogP contribution in [-0.4, -0.2) is 37.2 Å². The van der Waals surface area contributed by atoms with Crippen molar-refractivity contribution in [1.82, 2.24) is 4.98 Å². The van der Waals surface area contributed by atoms with Gasteiger partial charge in [-0.3, -0.25) is 9.13 Å². The van der Waals surface area contributed by atoms with Crippen LogP contribution in [-0.2, 0) is 9.13 Å². The van der Waals surface area contributed by atoms with Crippen LogP contribution in [0.15, 0.2) is 42.6 Å². The Morgan fingerprint density at radius 2 is 1.71 bits per heavy atom. The number of anilines is 1. The average Bonchev–Trinajstić information content (AvgIpc) is 2.50. The zero-order valence-electron chi connectivity index (χ0n) is 12.5. The van der Waals surface area contributed by atoms with Gasteiger partial charge in [-0.1, -0.05) is 18.2 Å². The molecule has 0 atom stereocenters. The molecule has 0 aliphatic heterocycles. The molecule has 0 bridgehead atoms. The second-order valence-electron chi connectivity index (χ2n) is 4.83. The molecule has 0 radical (unpaired) electrons. The summed E-state index contributed by atoms with van der Waals surface area (Å²) in [5, 5.41) is 2.13. The highest BCUT2D eigenvalue weighted by molar-refractivity contribution is 7.71. The molecule has 5 N–H and O–H groups in total. The third-order valence-corrected chi connectivity index (χ3v) is 6.43. The van der Waals surface area contributed by atoms with Crippen molar-refractivity contribution in [2.45, 2.75) is 5.52 Å². The Morgan fingerprint density at radius 3 is 2.29 bits per heavy atom. The number of hydrogen-bond acceptors (Lipinski definition) is 5. The van der Waals surface area contributed by atoms with E-state index in [-0.39, 0.29) is 5.82 Å². The summed E-state index contributed by atoms with van der Waals surface area (Å²) in [5.74, 6) is 0.478. The topological polar surface area (TPSA) is 149 Å². The van der Waals surface area contributed by atoms with Crippen molar-refractivity contribution < 1.29 is 33.4 Å². The second-order valence-corrected chi connectivity index (χ2v) is 8.62. The van der Waals surface area contributed by atoms with Crippen LogP contribution in [0.5, 0.6) is 5.75 Å². The number of rotatable bonds is 6. The van der Waals surface area contributed by atoms with Gasteiger partial charge in [0, 0.05) is 11.8 Å². The summed E-state index contributed by atoms with van der Waals surface area (Å²) in [7, 11) is -8.71. The van der Waals surface area contributed by atoms with E-state index in [9.17, 15) is 9.13 Å². The Bertz CT molecular complexity index is 795. The highest BCUT2D eigenvalue weighted by Gasteiger charge is 2.43. The molecule has 24 heavy (non-hydrogen) atoms. The number of pyridine rings is 1. The number of benzene rings is 1. The fourth-order valence-electron chi connectivity index (χ4n) is 2.06. The molecule has 0 amide bonds. The molecule has 130 valence electrons. The van der Waals surface area contributed by atoms with E-state index in [1.165, 1.54) is 19.4 Å². The number of hydrogen-bond donors (Lipinski definition) is 5. The van der Waals surface area contributed by atoms with Crippen molar-refractivity contribution in [3.8, 4) is 16.9 Å². The predicted molar refractivity (Wildman–Crippen MR) is 87.7 cm³/mol. The van der Waals surface area contributed by atoms with E-state index in [1.807, 2.05) is 0 Å². The molecule has 0 saturated carbocycles. The van der Waals surface area contributed by atoms with Crippen LogP contribution >= 0.6 is 15.2 Å². The summed E-state index contributed by atoms with van der Waals surface area (Å²) in [6.07, 6.45) is 1.35. The van der Waals surface area contributed by atoms with E-state index in [0.717, 1.165) is 0 Å². The molecule has 9 nitrogen and oxygen atoms in total. The monoisotopic (exact) mass is 374 g/mol. The fourth-order valence-corrected chi connectivity index (χ4v) is 4.23. The zero-order chi connectivity index (χ0) is 18.0. The lowest BCUT2D eigenvalue weighted by atomic mass is 10.1. The lowest BCUT2D eigenvalue weighted by Crippen LogP contribution is -2.20. The first kappa shape index (κ1) is 18.6. The van der Waals surface area contributed by atoms with Crippen molar-refractivity contribution in [2.24, 2.45) is 0 Å². The highest BCUT2D eigenvalue weighted by atomic mass is 31.2. The minimum atomic E-state index is -5.10. The smallest absolute Gasteiger partial charge is 0.360 e. The van der Waals surface area contributed by atoms with Gasteiger partial charge in [0.15, 0.2) is 0 Å². The molecule has 0 saturated heterocycles. The zero-order valence-corrected chi connectivity index (χ0v) is 14.3. The number of aromatic nitrogens is 1. The predicted octanol–water partition coefficient (Wildman–Crippen LogP) is 1.81. The maximum absolute atomic E-state index is 11.3. The number of para-hydroxylation sites is 1. The molecule has 11 heteroatoms. The molecule has 2 rings (SSSR count). The van der Waals surface area contributed by atoms with Crippen LogP contribution < -0.4 is 10.1 Å². The molecule has 0 unspecified atom stereocenters. The Morgan fingerprint density at radius 1 is 1.08 bits per heavy atom. The molecule has 1 heterocycles. The summed E-state index contributed by atoms with van der Waals surface area (Å²) >= 11 is 0. The minimum Gasteiger partial charge on any atom is -0.496 e. The molecular weight excluding hydrogens is 358 g/mol. The van der Waals surface area contributed by atoms with Gasteiger partial charge in [0.1, 0.15) is 11.6 Å². The van der Waals surface area contributed by atoms with Crippen LogP contribution in [0.4, 0.5) is 5.82 Å². The largest absolute Gasteiger partial charge is 0.496 e. The van der Waals surface area contributed by atoms with Crippen LogP contribution in [0.3, 0.4) is 0 Å². The van der Waals surface area contributed by atoms with Gasteiger partial charge >= 0.3 is 15.2 Å². The number of ether oxygens (including phenoxy) is 1.